The highest BCUT2D eigenvalue weighted by atomic mass is 35.5. The molecule has 0 radical (unpaired) electrons. The van der Waals surface area contributed by atoms with Crippen LogP contribution in [-0.2, 0) is 68.5 Å². The Hall–Kier alpha value is -12.6. The zero-order chi connectivity index (χ0) is 94.7. The van der Waals surface area contributed by atoms with Crippen molar-refractivity contribution in [2.24, 2.45) is 5.73 Å². The molecule has 0 spiro atoms. The number of nitrogens with two attached hydrogens (primary N) is 1. The zero-order valence-corrected chi connectivity index (χ0v) is 71.1. The zero-order valence-electron chi connectivity index (χ0n) is 69.6. The molecule has 9 heterocycles. The minimum Gasteiger partial charge on any atom is -0.508 e. The lowest BCUT2D eigenvalue weighted by Gasteiger charge is -2.44. The van der Waals surface area contributed by atoms with E-state index in [0.717, 1.165) is 98.3 Å². The van der Waals surface area contributed by atoms with Crippen LogP contribution in [0, 0.1) is 0 Å². The Bertz CT molecular complexity index is 5650. The van der Waals surface area contributed by atoms with Gasteiger partial charge in [-0.25, -0.2) is 4.79 Å². The van der Waals surface area contributed by atoms with Crippen LogP contribution in [0.2, 0.25) is 10.0 Å². The van der Waals surface area contributed by atoms with Gasteiger partial charge in [-0.15, -0.1) is 0 Å². The van der Waals surface area contributed by atoms with Crippen molar-refractivity contribution in [2.45, 2.75) is 186 Å². The second kappa shape index (κ2) is 40.7. The first-order valence-electron chi connectivity index (χ1n) is 41.4. The highest BCUT2D eigenvalue weighted by molar-refractivity contribution is 6.32. The van der Waals surface area contributed by atoms with Crippen molar-refractivity contribution < 1.29 is 162 Å². The molecule has 0 unspecified atom stereocenters. The van der Waals surface area contributed by atoms with Gasteiger partial charge in [0, 0.05) is 48.6 Å². The van der Waals surface area contributed by atoms with Crippen molar-refractivity contribution in [3.8, 4) is 80.1 Å². The third kappa shape index (κ3) is 20.5. The monoisotopic (exact) mass is 1870 g/mol. The normalized spacial score (nSPS) is 29.0. The Morgan fingerprint density at radius 2 is 1.07 bits per heavy atom. The lowest BCUT2D eigenvalue weighted by molar-refractivity contribution is -0.284. The van der Waals surface area contributed by atoms with Gasteiger partial charge in [0.25, 0.3) is 0 Å². The number of hydrogen-bond donors (Lipinski definition) is 24. The Kier molecular flexibility index (Phi) is 29.4. The van der Waals surface area contributed by atoms with E-state index in [1.165, 1.54) is 30.3 Å². The van der Waals surface area contributed by atoms with Gasteiger partial charge in [0.1, 0.15) is 156 Å². The molecular formula is C88H93Cl2N9O33. The highest BCUT2D eigenvalue weighted by Gasteiger charge is 2.52. The quantitative estimate of drug-likeness (QED) is 0.0526. The van der Waals surface area contributed by atoms with Crippen molar-refractivity contribution in [3.63, 3.8) is 0 Å². The van der Waals surface area contributed by atoms with Crippen molar-refractivity contribution in [1.29, 1.82) is 0 Å². The molecule has 7 aromatic carbocycles. The van der Waals surface area contributed by atoms with Gasteiger partial charge in [0.15, 0.2) is 35.3 Å². The van der Waals surface area contributed by atoms with E-state index in [4.69, 9.17) is 71.6 Å². The molecule has 23 atom stereocenters. The maximum Gasteiger partial charge on any atom is 0.330 e. The summed E-state index contributed by atoms with van der Waals surface area (Å²) >= 11 is 14.7. The van der Waals surface area contributed by atoms with Gasteiger partial charge >= 0.3 is 5.97 Å². The Morgan fingerprint density at radius 1 is 0.508 bits per heavy atom. The van der Waals surface area contributed by atoms with Crippen molar-refractivity contribution >= 4 is 76.4 Å². The third-order valence-corrected chi connectivity index (χ3v) is 23.4. The molecule has 0 saturated carbocycles. The number of aliphatic carboxylic acids is 1. The number of carbonyl (C=O) groups is 9. The van der Waals surface area contributed by atoms with Crippen LogP contribution in [0.4, 0.5) is 0 Å². The Morgan fingerprint density at radius 3 is 1.70 bits per heavy atom. The van der Waals surface area contributed by atoms with Gasteiger partial charge in [0.05, 0.1) is 29.9 Å². The number of hydrogen-bond acceptors (Lipinski definition) is 33. The second-order valence-corrected chi connectivity index (χ2v) is 32.8. The van der Waals surface area contributed by atoms with Gasteiger partial charge in [-0.1, -0.05) is 78.7 Å². The number of carboxylic acids is 1. The summed E-state index contributed by atoms with van der Waals surface area (Å²) < 4.78 is 57.4. The number of nitrogens with one attached hydrogen (secondary N) is 8. The first-order chi connectivity index (χ1) is 63.0. The molecule has 17 bridgehead atoms. The molecular weight excluding hydrogens is 1780 g/mol. The average Bonchev–Trinajstić information content (AvgIpc) is 0.757. The van der Waals surface area contributed by atoms with Crippen LogP contribution in [0.25, 0.3) is 11.1 Å². The molecule has 9 aliphatic rings. The molecule has 0 aromatic heterocycles. The van der Waals surface area contributed by atoms with E-state index < -0.39 is 316 Å². The molecule has 7 aromatic rings. The topological polar surface area (TPSA) is 662 Å². The number of ether oxygens (including phenoxy) is 9. The number of fused-ring (bicyclic) bond motifs is 14. The molecule has 42 nitrogen and oxygen atoms in total. The molecule has 16 rings (SSSR count). The van der Waals surface area contributed by atoms with E-state index in [0.29, 0.717) is 6.42 Å². The standard InChI is InChI=1S/C88H93Cl2N9O33/c1-3-4-5-6-7-8-9-10-60(108)94-68-74(113)71(110)58(32-101)129-87(68)132-78-55-26-40-27-56(78)126-52-18-14-38(24-47(52)90)77(131-86-67(92-34(2)103)73(112)70(109)57(31-100)128-86)69-84(121)98-66(85(122)123)45-29-42(105)30-54(127-88-76(115)75(114)72(111)59(33-102)130-88)61(45)44-23-37(13-15-49(44)106)63(81(118)99-69)96-83(120)65(40)97-82(119)64-39-21-41(104)28-43(22-39)124-53-25-36(12-16-50(53)107)62(91)80(117)93-48(79(116)95-64)20-35-11-17-51(125-55)46(89)19-35/h4-5,7-8,11-19,21-30,48,57-59,62-77,86-88,100-102,104-107,109-115H,3,6,9-10,20,31-33,91H2,1-2H3,(H,92,103)(H,93,117)(H,94,108)(H,95,116)(H,96,120)(H,97,119)(H,98,121)(H,99,118)(H,122,123)/b5-4+,8-7+/t48-,57-,58+,59-,62+,63-,64+,65-,66-,67-,68+,69+,70-,71-,72-,73-,74+,75+,76+,77-,86+,87+,88-/m0/s1. The fourth-order valence-corrected chi connectivity index (χ4v) is 16.5. The minimum atomic E-state index is -2.60. The van der Waals surface area contributed by atoms with Crippen LogP contribution < -0.4 is 72.0 Å². The van der Waals surface area contributed by atoms with E-state index in [1.54, 1.807) is 12.2 Å². The van der Waals surface area contributed by atoms with Crippen LogP contribution in [0.5, 0.6) is 69.0 Å². The number of allylic oxidation sites excluding steroid dienone is 4. The first kappa shape index (κ1) is 95.5. The lowest BCUT2D eigenvalue weighted by Crippen LogP contribution is -2.65. The molecule has 702 valence electrons. The number of carbonyl (C=O) groups excluding carboxylic acids is 8. The molecule has 132 heavy (non-hydrogen) atoms. The van der Waals surface area contributed by atoms with Crippen molar-refractivity contribution in [2.75, 3.05) is 19.8 Å². The number of halogens is 2. The minimum absolute atomic E-state index is 0.0234. The van der Waals surface area contributed by atoms with E-state index in [9.17, 15) is 95.8 Å². The number of phenolic OH excluding ortho intramolecular Hbond substituents is 4. The number of phenols is 4. The van der Waals surface area contributed by atoms with Crippen molar-refractivity contribution in [1.82, 2.24) is 42.5 Å². The van der Waals surface area contributed by atoms with E-state index in [1.807, 2.05) is 19.1 Å². The summed E-state index contributed by atoms with van der Waals surface area (Å²) in [4.78, 5) is 138. The molecule has 9 aliphatic heterocycles. The second-order valence-electron chi connectivity index (χ2n) is 32.0. The summed E-state index contributed by atoms with van der Waals surface area (Å²) in [6.45, 7) is -0.245. The maximum absolute atomic E-state index is 17.0. The highest BCUT2D eigenvalue weighted by Crippen LogP contribution is 2.51. The Labute approximate surface area is 758 Å². The van der Waals surface area contributed by atoms with Crippen LogP contribution in [0.15, 0.2) is 140 Å². The third-order valence-electron chi connectivity index (χ3n) is 22.8. The first-order valence-corrected chi connectivity index (χ1v) is 42.2. The Balaban J connectivity index is 1.04. The van der Waals surface area contributed by atoms with E-state index in [-0.39, 0.29) is 46.2 Å². The smallest absolute Gasteiger partial charge is 0.330 e. The van der Waals surface area contributed by atoms with Gasteiger partial charge in [-0.3, -0.25) is 38.4 Å². The summed E-state index contributed by atoms with van der Waals surface area (Å²) in [6, 6.07) is 0.478. The van der Waals surface area contributed by atoms with E-state index >= 15 is 24.0 Å². The van der Waals surface area contributed by atoms with Crippen molar-refractivity contribution in [3.05, 3.63) is 189 Å². The number of amides is 8. The SMILES string of the molecule is CC/C=C/C/C=C/CCC(=O)N[C@H]1[C@@H](Oc2c3cc4cc2Oc2ccc(cc2Cl)[C@H](O[C@H]2O[C@@H](CO)[C@H](O)[C@@H](O)[C@@H]2NC(C)=O)[C@H]2NC(=O)[C@@H](NC(=O)[C@H]4NC(=O)[C@@H]4NC(=O)[C@H](Cc5ccc(c(Cl)c5)O3)NC(=O)[C@H](N)c3ccc(O)c(c3)Oc3cc(O)cc4c3)c3ccc(O)c(c3)-c3c(O[C@H]4O[C@@H](CO)[C@H](O)[C@@H](O)[C@H]4O)cc(O)cc3[C@@H](C(=O)O)NC2=O)O[C@H](CO)[C@H](O)[C@@H]1O. The van der Waals surface area contributed by atoms with Crippen LogP contribution in [0.1, 0.15) is 115 Å². The molecule has 0 aliphatic carbocycles. The van der Waals surface area contributed by atoms with Crippen LogP contribution in [-0.4, -0.2) is 254 Å². The average molecular weight is 1880 g/mol. The summed E-state index contributed by atoms with van der Waals surface area (Å²) in [5, 5.41) is 190. The summed E-state index contributed by atoms with van der Waals surface area (Å²) in [7, 11) is 0. The fraction of sp³-hybridized carbons (Fsp3) is 0.375. The van der Waals surface area contributed by atoms with Gasteiger partial charge in [-0.2, -0.15) is 0 Å². The van der Waals surface area contributed by atoms with Crippen LogP contribution >= 0.6 is 23.2 Å². The number of aliphatic hydroxyl groups is 10. The molecule has 8 amide bonds. The summed E-state index contributed by atoms with van der Waals surface area (Å²) in [6.07, 6.45) is -20.8. The molecule has 44 heteroatoms. The molecule has 3 saturated heterocycles. The van der Waals surface area contributed by atoms with E-state index in [2.05, 4.69) is 42.5 Å². The summed E-state index contributed by atoms with van der Waals surface area (Å²) in [5.41, 5.74) is 2.74. The number of aliphatic hydroxyl groups excluding tert-OH is 10. The lowest BCUT2D eigenvalue weighted by atomic mass is 9.89. The number of carboxylic acid groups (broad SMARTS) is 1. The largest absolute Gasteiger partial charge is 0.508 e. The predicted octanol–water partition coefficient (Wildman–Crippen LogP) is 0.716. The van der Waals surface area contributed by atoms with Crippen LogP contribution in [0.3, 0.4) is 0 Å². The molecule has 3 fully saturated rings. The summed E-state index contributed by atoms with van der Waals surface area (Å²) in [5.74, 6) is -19.8. The maximum atomic E-state index is 17.0. The number of rotatable bonds is 18. The predicted molar refractivity (Wildman–Crippen MR) is 453 cm³/mol. The van der Waals surface area contributed by atoms with Gasteiger partial charge in [-0.05, 0) is 132 Å². The number of benzene rings is 7. The molecule has 25 N–H and O–H groups in total. The van der Waals surface area contributed by atoms with Gasteiger partial charge < -0.3 is 167 Å². The fourth-order valence-electron chi connectivity index (χ4n) is 16.1. The number of aromatic hydroxyl groups is 4. The van der Waals surface area contributed by atoms with Gasteiger partial charge in [0.2, 0.25) is 65.6 Å².